The van der Waals surface area contributed by atoms with E-state index in [1.165, 1.54) is 12.1 Å². The lowest BCUT2D eigenvalue weighted by molar-refractivity contribution is 0.321. The summed E-state index contributed by atoms with van der Waals surface area (Å²) in [6, 6.07) is 9.93. The monoisotopic (exact) mass is 374 g/mol. The van der Waals surface area contributed by atoms with Crippen LogP contribution in [0, 0.1) is 11.6 Å². The summed E-state index contributed by atoms with van der Waals surface area (Å²) in [5.74, 6) is -0.653. The van der Waals surface area contributed by atoms with Gasteiger partial charge in [0.2, 0.25) is 0 Å². The number of rotatable bonds is 2. The molecule has 0 saturated carbocycles. The molecule has 0 amide bonds. The fraction of sp³-hybridized carbons (Fsp3) is 0.150. The van der Waals surface area contributed by atoms with Gasteiger partial charge in [-0.15, -0.1) is 0 Å². The third-order valence-corrected chi connectivity index (χ3v) is 3.81. The van der Waals surface area contributed by atoms with Crippen LogP contribution in [0.2, 0.25) is 0 Å². The number of hydrogen-bond acceptors (Lipinski definition) is 3. The number of H-pyrrole nitrogens is 2. The van der Waals surface area contributed by atoms with Crippen molar-refractivity contribution >= 4 is 28.0 Å². The van der Waals surface area contributed by atoms with Crippen LogP contribution in [0.25, 0.3) is 21.8 Å². The molecule has 7 heteroatoms. The zero-order valence-electron chi connectivity index (χ0n) is 13.1. The van der Waals surface area contributed by atoms with Gasteiger partial charge in [-0.25, -0.2) is 8.78 Å². The second-order valence-corrected chi connectivity index (χ2v) is 5.40. The Balaban J connectivity index is 0.000000252. The predicted octanol–water partition coefficient (Wildman–Crippen LogP) is 5.15. The molecule has 0 bridgehead atoms. The molecule has 2 aromatic heterocycles. The SMILES string of the molecule is C.C.NCc1cc2cc[nH]c2cc1F.O/N=C/c1cc2cc[nH]c2cc1F. The Morgan fingerprint density at radius 1 is 0.926 bits per heavy atom. The molecule has 0 aliphatic heterocycles. The highest BCUT2D eigenvalue weighted by Gasteiger charge is 2.03. The van der Waals surface area contributed by atoms with Crippen LogP contribution in [0.15, 0.2) is 53.9 Å². The summed E-state index contributed by atoms with van der Waals surface area (Å²) in [6.45, 7) is 0.243. The lowest BCUT2D eigenvalue weighted by atomic mass is 10.1. The highest BCUT2D eigenvalue weighted by molar-refractivity contribution is 5.89. The van der Waals surface area contributed by atoms with Crippen LogP contribution in [0.4, 0.5) is 8.78 Å². The number of aromatic nitrogens is 2. The van der Waals surface area contributed by atoms with Crippen molar-refractivity contribution in [1.29, 1.82) is 0 Å². The van der Waals surface area contributed by atoms with Crippen molar-refractivity contribution in [3.05, 3.63) is 71.6 Å². The van der Waals surface area contributed by atoms with Crippen molar-refractivity contribution in [2.24, 2.45) is 10.9 Å². The van der Waals surface area contributed by atoms with E-state index in [0.29, 0.717) is 5.56 Å². The Kier molecular flexibility index (Phi) is 7.68. The Morgan fingerprint density at radius 2 is 1.48 bits per heavy atom. The average Bonchev–Trinajstić information content (AvgIpc) is 3.23. The quantitative estimate of drug-likeness (QED) is 0.222. The van der Waals surface area contributed by atoms with Gasteiger partial charge in [0.15, 0.2) is 0 Å². The van der Waals surface area contributed by atoms with Crippen molar-refractivity contribution in [2.45, 2.75) is 21.4 Å². The van der Waals surface area contributed by atoms with E-state index in [1.807, 2.05) is 12.1 Å². The highest BCUT2D eigenvalue weighted by atomic mass is 19.1. The van der Waals surface area contributed by atoms with Gasteiger partial charge >= 0.3 is 0 Å². The van der Waals surface area contributed by atoms with Crippen molar-refractivity contribution < 1.29 is 14.0 Å². The van der Waals surface area contributed by atoms with E-state index in [4.69, 9.17) is 10.9 Å². The van der Waals surface area contributed by atoms with E-state index in [-0.39, 0.29) is 32.8 Å². The number of oxime groups is 1. The van der Waals surface area contributed by atoms with Gasteiger partial charge in [0.25, 0.3) is 0 Å². The number of nitrogens with one attached hydrogen (secondary N) is 2. The molecule has 2 heterocycles. The smallest absolute Gasteiger partial charge is 0.134 e. The number of benzene rings is 2. The van der Waals surface area contributed by atoms with Gasteiger partial charge in [-0.1, -0.05) is 20.0 Å². The van der Waals surface area contributed by atoms with Gasteiger partial charge in [0, 0.05) is 46.5 Å². The molecule has 0 spiro atoms. The predicted molar refractivity (Wildman–Crippen MR) is 107 cm³/mol. The summed E-state index contributed by atoms with van der Waals surface area (Å²) >= 11 is 0. The molecule has 0 unspecified atom stereocenters. The molecule has 0 aliphatic carbocycles. The second-order valence-electron chi connectivity index (χ2n) is 5.40. The van der Waals surface area contributed by atoms with Crippen LogP contribution in [0.5, 0.6) is 0 Å². The zero-order valence-corrected chi connectivity index (χ0v) is 13.1. The molecule has 2 aromatic carbocycles. The third kappa shape index (κ3) is 4.71. The Hall–Kier alpha value is -3.19. The summed E-state index contributed by atoms with van der Waals surface area (Å²) < 4.78 is 26.3. The summed E-state index contributed by atoms with van der Waals surface area (Å²) in [6.07, 6.45) is 4.58. The molecule has 4 aromatic rings. The molecular weight excluding hydrogens is 350 g/mol. The summed E-state index contributed by atoms with van der Waals surface area (Å²) in [7, 11) is 0. The Morgan fingerprint density at radius 3 is 2.04 bits per heavy atom. The molecule has 0 atom stereocenters. The minimum atomic E-state index is -0.409. The lowest BCUT2D eigenvalue weighted by Gasteiger charge is -1.98. The fourth-order valence-corrected chi connectivity index (χ4v) is 2.53. The maximum Gasteiger partial charge on any atom is 0.134 e. The molecule has 144 valence electrons. The first-order valence-corrected chi connectivity index (χ1v) is 7.52. The van der Waals surface area contributed by atoms with E-state index in [1.54, 1.807) is 24.5 Å². The van der Waals surface area contributed by atoms with Gasteiger partial charge in [0.05, 0.1) is 6.21 Å². The van der Waals surface area contributed by atoms with E-state index in [0.717, 1.165) is 28.0 Å². The largest absolute Gasteiger partial charge is 0.411 e. The number of fused-ring (bicyclic) bond motifs is 2. The first kappa shape index (κ1) is 21.9. The topological polar surface area (TPSA) is 90.2 Å². The molecule has 0 radical (unpaired) electrons. The average molecular weight is 374 g/mol. The van der Waals surface area contributed by atoms with Crippen molar-refractivity contribution in [2.75, 3.05) is 0 Å². The van der Waals surface area contributed by atoms with Gasteiger partial charge in [0.1, 0.15) is 11.6 Å². The number of aromatic amines is 2. The zero-order chi connectivity index (χ0) is 17.8. The summed E-state index contributed by atoms with van der Waals surface area (Å²) in [5.41, 5.74) is 7.73. The number of halogens is 2. The van der Waals surface area contributed by atoms with Gasteiger partial charge < -0.3 is 20.9 Å². The van der Waals surface area contributed by atoms with Crippen LogP contribution in [0.3, 0.4) is 0 Å². The van der Waals surface area contributed by atoms with E-state index >= 15 is 0 Å². The lowest BCUT2D eigenvalue weighted by Crippen LogP contribution is -1.99. The minimum Gasteiger partial charge on any atom is -0.411 e. The normalized spacial score (nSPS) is 10.3. The van der Waals surface area contributed by atoms with Crippen LogP contribution < -0.4 is 5.73 Å². The molecule has 0 fully saturated rings. The van der Waals surface area contributed by atoms with Crippen LogP contribution in [-0.2, 0) is 6.54 Å². The van der Waals surface area contributed by atoms with Crippen LogP contribution >= 0.6 is 0 Å². The third-order valence-electron chi connectivity index (χ3n) is 3.81. The van der Waals surface area contributed by atoms with Gasteiger partial charge in [-0.05, 0) is 41.8 Å². The molecular formula is C20H24F2N4O. The first-order valence-electron chi connectivity index (χ1n) is 7.52. The number of nitrogens with two attached hydrogens (primary N) is 1. The second kappa shape index (κ2) is 9.49. The fourth-order valence-electron chi connectivity index (χ4n) is 2.53. The van der Waals surface area contributed by atoms with E-state index in [9.17, 15) is 8.78 Å². The Labute approximate surface area is 156 Å². The first-order chi connectivity index (χ1) is 12.1. The van der Waals surface area contributed by atoms with E-state index in [2.05, 4.69) is 15.1 Å². The maximum atomic E-state index is 13.2. The molecule has 5 nitrogen and oxygen atoms in total. The number of hydrogen-bond donors (Lipinski definition) is 4. The molecule has 5 N–H and O–H groups in total. The standard InChI is InChI=1S/C9H7FN2O.C9H9FN2.2CH4/c10-8-4-9-6(1-2-11-9)3-7(8)5-12-13;10-8-4-9-6(1-2-12-9)3-7(8)5-11;;/h1-5,11,13H;1-4,12H,5,11H2;2*1H4/b12-5+;;;. The number of nitrogens with zero attached hydrogens (tertiary/aromatic N) is 1. The van der Waals surface area contributed by atoms with Crippen molar-refractivity contribution in [3.63, 3.8) is 0 Å². The van der Waals surface area contributed by atoms with Crippen molar-refractivity contribution in [1.82, 2.24) is 9.97 Å². The minimum absolute atomic E-state index is 0. The maximum absolute atomic E-state index is 13.2. The van der Waals surface area contributed by atoms with Crippen LogP contribution in [-0.4, -0.2) is 21.4 Å². The van der Waals surface area contributed by atoms with E-state index < -0.39 is 5.82 Å². The summed E-state index contributed by atoms with van der Waals surface area (Å²) in [4.78, 5) is 5.81. The molecule has 0 aliphatic rings. The molecule has 0 saturated heterocycles. The summed E-state index contributed by atoms with van der Waals surface area (Å²) in [5, 5.41) is 12.9. The highest BCUT2D eigenvalue weighted by Crippen LogP contribution is 2.17. The van der Waals surface area contributed by atoms with Crippen LogP contribution in [0.1, 0.15) is 26.0 Å². The Bertz CT molecular complexity index is 1040. The molecule has 27 heavy (non-hydrogen) atoms. The van der Waals surface area contributed by atoms with Gasteiger partial charge in [-0.3, -0.25) is 0 Å². The van der Waals surface area contributed by atoms with Crippen molar-refractivity contribution in [3.8, 4) is 0 Å². The van der Waals surface area contributed by atoms with Gasteiger partial charge in [-0.2, -0.15) is 0 Å². The molecule has 4 rings (SSSR count).